The zero-order valence-corrected chi connectivity index (χ0v) is 12.0. The summed E-state index contributed by atoms with van der Waals surface area (Å²) in [5, 5.41) is 3.53. The molecule has 0 saturated heterocycles. The predicted molar refractivity (Wildman–Crippen MR) is 75.1 cm³/mol. The Morgan fingerprint density at radius 3 is 2.67 bits per heavy atom. The summed E-state index contributed by atoms with van der Waals surface area (Å²) >= 11 is 0. The van der Waals surface area contributed by atoms with Crippen molar-refractivity contribution in [3.05, 3.63) is 29.3 Å². The summed E-state index contributed by atoms with van der Waals surface area (Å²) in [4.78, 5) is 0. The second kappa shape index (κ2) is 8.11. The first kappa shape index (κ1) is 15.0. The lowest BCUT2D eigenvalue weighted by molar-refractivity contribution is 0.161. The highest BCUT2D eigenvalue weighted by Gasteiger charge is 2.09. The lowest BCUT2D eigenvalue weighted by Gasteiger charge is -2.18. The van der Waals surface area contributed by atoms with E-state index in [4.69, 9.17) is 9.47 Å². The molecule has 1 aromatic carbocycles. The van der Waals surface area contributed by atoms with E-state index in [0.717, 1.165) is 31.7 Å². The first-order valence-corrected chi connectivity index (χ1v) is 6.57. The molecular weight excluding hydrogens is 226 g/mol. The predicted octanol–water partition coefficient (Wildman–Crippen LogP) is 2.91. The van der Waals surface area contributed by atoms with Gasteiger partial charge in [-0.15, -0.1) is 0 Å². The van der Waals surface area contributed by atoms with Crippen molar-refractivity contribution in [3.63, 3.8) is 0 Å². The van der Waals surface area contributed by atoms with Crippen LogP contribution in [0, 0.1) is 6.92 Å². The molecule has 0 radical (unpaired) electrons. The third-order valence-electron chi connectivity index (χ3n) is 3.02. The summed E-state index contributed by atoms with van der Waals surface area (Å²) in [5.41, 5.74) is 2.46. The molecule has 1 unspecified atom stereocenters. The molecule has 18 heavy (non-hydrogen) atoms. The average Bonchev–Trinajstić information content (AvgIpc) is 2.36. The van der Waals surface area contributed by atoms with Gasteiger partial charge in [0.1, 0.15) is 5.75 Å². The van der Waals surface area contributed by atoms with Gasteiger partial charge in [-0.2, -0.15) is 0 Å². The van der Waals surface area contributed by atoms with Gasteiger partial charge in [-0.3, -0.25) is 0 Å². The molecule has 1 aromatic rings. The number of rotatable bonds is 8. The van der Waals surface area contributed by atoms with Crippen molar-refractivity contribution in [1.29, 1.82) is 0 Å². The maximum atomic E-state index is 5.38. The molecule has 102 valence electrons. The monoisotopic (exact) mass is 251 g/mol. The van der Waals surface area contributed by atoms with Gasteiger partial charge in [-0.05, 0) is 19.4 Å². The van der Waals surface area contributed by atoms with Gasteiger partial charge in [-0.1, -0.05) is 31.0 Å². The number of benzene rings is 1. The summed E-state index contributed by atoms with van der Waals surface area (Å²) in [5.74, 6) is 0.945. The van der Waals surface area contributed by atoms with Crippen molar-refractivity contribution < 1.29 is 9.47 Å². The van der Waals surface area contributed by atoms with Gasteiger partial charge >= 0.3 is 0 Å². The van der Waals surface area contributed by atoms with Gasteiger partial charge < -0.3 is 14.8 Å². The van der Waals surface area contributed by atoms with Crippen LogP contribution in [0.5, 0.6) is 5.75 Å². The molecule has 1 rings (SSSR count). The summed E-state index contributed by atoms with van der Waals surface area (Å²) in [6.07, 6.45) is 2.29. The largest absolute Gasteiger partial charge is 0.496 e. The summed E-state index contributed by atoms with van der Waals surface area (Å²) in [7, 11) is 3.46. The molecule has 0 fully saturated rings. The smallest absolute Gasteiger partial charge is 0.123 e. The molecule has 0 saturated carbocycles. The van der Waals surface area contributed by atoms with Crippen molar-refractivity contribution in [2.75, 3.05) is 20.8 Å². The molecule has 0 aliphatic rings. The Labute approximate surface area is 110 Å². The number of hydrogen-bond acceptors (Lipinski definition) is 3. The molecule has 3 nitrogen and oxygen atoms in total. The molecule has 3 heteroatoms. The van der Waals surface area contributed by atoms with Gasteiger partial charge in [0.25, 0.3) is 0 Å². The minimum absolute atomic E-state index is 0.408. The lowest BCUT2D eigenvalue weighted by Crippen LogP contribution is -2.32. The Balaban J connectivity index is 2.62. The van der Waals surface area contributed by atoms with Gasteiger partial charge in [0.15, 0.2) is 0 Å². The van der Waals surface area contributed by atoms with Crippen LogP contribution in [0.4, 0.5) is 0 Å². The molecule has 0 spiro atoms. The van der Waals surface area contributed by atoms with E-state index in [9.17, 15) is 0 Å². The van der Waals surface area contributed by atoms with Gasteiger partial charge in [0, 0.05) is 25.3 Å². The molecule has 0 bridgehead atoms. The topological polar surface area (TPSA) is 30.5 Å². The molecule has 0 aliphatic carbocycles. The molecular formula is C15H25NO2. The first-order chi connectivity index (χ1) is 8.71. The van der Waals surface area contributed by atoms with Crippen LogP contribution in [-0.2, 0) is 11.3 Å². The summed E-state index contributed by atoms with van der Waals surface area (Å²) < 4.78 is 10.6. The normalized spacial score (nSPS) is 12.4. The van der Waals surface area contributed by atoms with E-state index in [1.807, 2.05) is 6.07 Å². The van der Waals surface area contributed by atoms with Crippen LogP contribution >= 0.6 is 0 Å². The van der Waals surface area contributed by atoms with E-state index >= 15 is 0 Å². The first-order valence-electron chi connectivity index (χ1n) is 6.57. The maximum absolute atomic E-state index is 5.38. The van der Waals surface area contributed by atoms with Crippen LogP contribution in [0.15, 0.2) is 18.2 Å². The molecule has 0 aliphatic heterocycles. The maximum Gasteiger partial charge on any atom is 0.123 e. The Hall–Kier alpha value is -1.06. The zero-order valence-electron chi connectivity index (χ0n) is 12.0. The number of nitrogens with one attached hydrogen (secondary N) is 1. The van der Waals surface area contributed by atoms with E-state index in [1.165, 1.54) is 11.1 Å². The number of hydrogen-bond donors (Lipinski definition) is 1. The van der Waals surface area contributed by atoms with E-state index in [0.29, 0.717) is 6.04 Å². The van der Waals surface area contributed by atoms with E-state index < -0.39 is 0 Å². The summed E-state index contributed by atoms with van der Waals surface area (Å²) in [6, 6.07) is 6.67. The van der Waals surface area contributed by atoms with Gasteiger partial charge in [-0.25, -0.2) is 0 Å². The average molecular weight is 251 g/mol. The number of ether oxygens (including phenoxy) is 2. The van der Waals surface area contributed by atoms with Gasteiger partial charge in [0.2, 0.25) is 0 Å². The minimum atomic E-state index is 0.408. The third-order valence-corrected chi connectivity index (χ3v) is 3.02. The number of aryl methyl sites for hydroxylation is 1. The fraction of sp³-hybridized carbons (Fsp3) is 0.600. The SMILES string of the molecule is CCCC(COC)NCc1cc(C)ccc1OC. The van der Waals surface area contributed by atoms with Crippen molar-refractivity contribution >= 4 is 0 Å². The standard InChI is InChI=1S/C15H25NO2/c1-5-6-14(11-17-3)16-10-13-9-12(2)7-8-15(13)18-4/h7-9,14,16H,5-6,10-11H2,1-4H3. The van der Waals surface area contributed by atoms with Crippen molar-refractivity contribution in [3.8, 4) is 5.75 Å². The molecule has 1 N–H and O–H groups in total. The second-order valence-corrected chi connectivity index (χ2v) is 4.64. The van der Waals surface area contributed by atoms with Crippen LogP contribution in [0.3, 0.4) is 0 Å². The van der Waals surface area contributed by atoms with Crippen molar-refractivity contribution in [1.82, 2.24) is 5.32 Å². The van der Waals surface area contributed by atoms with E-state index in [-0.39, 0.29) is 0 Å². The second-order valence-electron chi connectivity index (χ2n) is 4.64. The van der Waals surface area contributed by atoms with Crippen LogP contribution in [0.1, 0.15) is 30.9 Å². The van der Waals surface area contributed by atoms with E-state index in [2.05, 4.69) is 31.3 Å². The van der Waals surface area contributed by atoms with E-state index in [1.54, 1.807) is 14.2 Å². The summed E-state index contributed by atoms with van der Waals surface area (Å²) in [6.45, 7) is 5.86. The molecule has 0 heterocycles. The number of methoxy groups -OCH3 is 2. The fourth-order valence-corrected chi connectivity index (χ4v) is 2.09. The van der Waals surface area contributed by atoms with Crippen LogP contribution in [-0.4, -0.2) is 26.9 Å². The Kier molecular flexibility index (Phi) is 6.76. The van der Waals surface area contributed by atoms with Crippen molar-refractivity contribution in [2.24, 2.45) is 0 Å². The highest BCUT2D eigenvalue weighted by Crippen LogP contribution is 2.19. The molecule has 1 atom stereocenters. The zero-order chi connectivity index (χ0) is 13.4. The highest BCUT2D eigenvalue weighted by atomic mass is 16.5. The quantitative estimate of drug-likeness (QED) is 0.770. The van der Waals surface area contributed by atoms with Crippen LogP contribution in [0.2, 0.25) is 0 Å². The molecule has 0 amide bonds. The Morgan fingerprint density at radius 1 is 1.28 bits per heavy atom. The third kappa shape index (κ3) is 4.67. The Bertz CT molecular complexity index is 346. The lowest BCUT2D eigenvalue weighted by atomic mass is 10.1. The Morgan fingerprint density at radius 2 is 2.06 bits per heavy atom. The van der Waals surface area contributed by atoms with Crippen LogP contribution in [0.25, 0.3) is 0 Å². The van der Waals surface area contributed by atoms with Gasteiger partial charge in [0.05, 0.1) is 13.7 Å². The van der Waals surface area contributed by atoms with Crippen molar-refractivity contribution in [2.45, 2.75) is 39.3 Å². The fourth-order valence-electron chi connectivity index (χ4n) is 2.09. The van der Waals surface area contributed by atoms with Crippen LogP contribution < -0.4 is 10.1 Å². The minimum Gasteiger partial charge on any atom is -0.496 e. The highest BCUT2D eigenvalue weighted by molar-refractivity contribution is 5.36. The molecule has 0 aromatic heterocycles.